The van der Waals surface area contributed by atoms with Gasteiger partial charge in [0.2, 0.25) is 11.8 Å². The predicted molar refractivity (Wildman–Crippen MR) is 87.5 cm³/mol. The van der Waals surface area contributed by atoms with Gasteiger partial charge in [-0.05, 0) is 37.1 Å². The number of carbonyl (C=O) groups excluding carboxylic acids is 2. The van der Waals surface area contributed by atoms with Crippen LogP contribution in [-0.2, 0) is 15.0 Å². The number of hydrogen-bond donors (Lipinski definition) is 1. The average molecular weight is 346 g/mol. The van der Waals surface area contributed by atoms with Crippen molar-refractivity contribution >= 4 is 23.4 Å². The van der Waals surface area contributed by atoms with Crippen LogP contribution in [0.4, 0.5) is 0 Å². The molecular formula is C17H16ClN3O3. The summed E-state index contributed by atoms with van der Waals surface area (Å²) in [7, 11) is 0. The molecular weight excluding hydrogens is 330 g/mol. The second-order valence-electron chi connectivity index (χ2n) is 6.24. The summed E-state index contributed by atoms with van der Waals surface area (Å²) in [5.74, 6) is 0.456. The fourth-order valence-corrected chi connectivity index (χ4v) is 3.20. The number of nitrogens with one attached hydrogen (secondary N) is 1. The van der Waals surface area contributed by atoms with Crippen molar-refractivity contribution in [2.24, 2.45) is 0 Å². The van der Waals surface area contributed by atoms with E-state index in [1.54, 1.807) is 17.0 Å². The van der Waals surface area contributed by atoms with Gasteiger partial charge in [0.15, 0.2) is 5.76 Å². The lowest BCUT2D eigenvalue weighted by Crippen LogP contribution is -2.52. The Balaban J connectivity index is 1.58. The van der Waals surface area contributed by atoms with Crippen molar-refractivity contribution in [1.29, 1.82) is 0 Å². The van der Waals surface area contributed by atoms with Gasteiger partial charge in [-0.1, -0.05) is 16.8 Å². The Labute approximate surface area is 143 Å². The van der Waals surface area contributed by atoms with Gasteiger partial charge in [-0.3, -0.25) is 9.59 Å². The van der Waals surface area contributed by atoms with E-state index in [-0.39, 0.29) is 18.4 Å². The van der Waals surface area contributed by atoms with Gasteiger partial charge in [0, 0.05) is 29.7 Å². The fourth-order valence-electron chi connectivity index (χ4n) is 3.07. The van der Waals surface area contributed by atoms with E-state index in [0.717, 1.165) is 18.4 Å². The number of benzene rings is 1. The smallest absolute Gasteiger partial charge is 0.239 e. The number of hydrogen-bond acceptors (Lipinski definition) is 4. The van der Waals surface area contributed by atoms with Gasteiger partial charge in [0.1, 0.15) is 0 Å². The molecule has 0 radical (unpaired) electrons. The Morgan fingerprint density at radius 3 is 2.71 bits per heavy atom. The number of piperazine rings is 1. The molecule has 1 saturated carbocycles. The van der Waals surface area contributed by atoms with E-state index >= 15 is 0 Å². The lowest BCUT2D eigenvalue weighted by Gasteiger charge is -2.29. The van der Waals surface area contributed by atoms with Crippen molar-refractivity contribution in [3.8, 4) is 11.3 Å². The molecule has 1 saturated heterocycles. The van der Waals surface area contributed by atoms with E-state index in [1.165, 1.54) is 0 Å². The van der Waals surface area contributed by atoms with E-state index in [1.807, 2.05) is 18.2 Å². The van der Waals surface area contributed by atoms with Crippen molar-refractivity contribution < 1.29 is 14.1 Å². The highest BCUT2D eigenvalue weighted by molar-refractivity contribution is 6.30. The maximum atomic E-state index is 12.9. The first-order valence-electron chi connectivity index (χ1n) is 7.88. The molecule has 1 aromatic heterocycles. The van der Waals surface area contributed by atoms with Crippen molar-refractivity contribution in [1.82, 2.24) is 15.4 Å². The number of aromatic nitrogens is 1. The van der Waals surface area contributed by atoms with E-state index < -0.39 is 5.41 Å². The Morgan fingerprint density at radius 2 is 2.04 bits per heavy atom. The van der Waals surface area contributed by atoms with Gasteiger partial charge in [0.25, 0.3) is 0 Å². The quantitative estimate of drug-likeness (QED) is 0.923. The van der Waals surface area contributed by atoms with E-state index in [4.69, 9.17) is 16.1 Å². The van der Waals surface area contributed by atoms with Crippen LogP contribution in [0.15, 0.2) is 34.9 Å². The summed E-state index contributed by atoms with van der Waals surface area (Å²) in [6, 6.07) is 9.08. The number of rotatable bonds is 3. The summed E-state index contributed by atoms with van der Waals surface area (Å²) in [5.41, 5.74) is 0.869. The summed E-state index contributed by atoms with van der Waals surface area (Å²) >= 11 is 5.90. The standard InChI is InChI=1S/C17H16ClN3O3/c18-12-3-1-11(2-4-12)13-9-14(20-24-13)17(5-6-17)16(23)21-8-7-19-15(22)10-21/h1-4,9H,5-8,10H2,(H,19,22). The van der Waals surface area contributed by atoms with Crippen LogP contribution in [0, 0.1) is 0 Å². The van der Waals surface area contributed by atoms with Gasteiger partial charge in [-0.15, -0.1) is 0 Å². The summed E-state index contributed by atoms with van der Waals surface area (Å²) in [4.78, 5) is 26.0. The van der Waals surface area contributed by atoms with Gasteiger partial charge < -0.3 is 14.7 Å². The SMILES string of the molecule is O=C1CN(C(=O)C2(c3cc(-c4ccc(Cl)cc4)on3)CC2)CCN1. The first kappa shape index (κ1) is 15.2. The fraction of sp³-hybridized carbons (Fsp3) is 0.353. The van der Waals surface area contributed by atoms with E-state index in [9.17, 15) is 9.59 Å². The lowest BCUT2D eigenvalue weighted by atomic mass is 9.99. The Morgan fingerprint density at radius 1 is 1.29 bits per heavy atom. The van der Waals surface area contributed by atoms with Crippen LogP contribution in [0.2, 0.25) is 5.02 Å². The minimum Gasteiger partial charge on any atom is -0.356 e. The first-order chi connectivity index (χ1) is 11.6. The maximum absolute atomic E-state index is 12.9. The zero-order chi connectivity index (χ0) is 16.7. The Kier molecular flexibility index (Phi) is 3.57. The van der Waals surface area contributed by atoms with E-state index in [0.29, 0.717) is 29.6 Å². The third kappa shape index (κ3) is 2.57. The van der Waals surface area contributed by atoms with Gasteiger partial charge in [0.05, 0.1) is 17.7 Å². The maximum Gasteiger partial charge on any atom is 0.239 e. The molecule has 1 aliphatic carbocycles. The molecule has 2 aliphatic rings. The molecule has 1 N–H and O–H groups in total. The minimum absolute atomic E-state index is 0.0340. The topological polar surface area (TPSA) is 75.4 Å². The largest absolute Gasteiger partial charge is 0.356 e. The van der Waals surface area contributed by atoms with Gasteiger partial charge in [-0.2, -0.15) is 0 Å². The molecule has 2 aromatic rings. The van der Waals surface area contributed by atoms with Crippen molar-refractivity contribution in [3.05, 3.63) is 41.0 Å². The van der Waals surface area contributed by atoms with Crippen LogP contribution in [0.1, 0.15) is 18.5 Å². The van der Waals surface area contributed by atoms with Crippen molar-refractivity contribution in [3.63, 3.8) is 0 Å². The third-order valence-electron chi connectivity index (χ3n) is 4.61. The van der Waals surface area contributed by atoms with Crippen LogP contribution >= 0.6 is 11.6 Å². The third-order valence-corrected chi connectivity index (χ3v) is 4.87. The number of halogens is 1. The zero-order valence-electron chi connectivity index (χ0n) is 12.9. The van der Waals surface area contributed by atoms with Crippen LogP contribution in [0.5, 0.6) is 0 Å². The summed E-state index contributed by atoms with van der Waals surface area (Å²) < 4.78 is 5.43. The molecule has 124 valence electrons. The lowest BCUT2D eigenvalue weighted by molar-refractivity contribution is -0.140. The summed E-state index contributed by atoms with van der Waals surface area (Å²) in [6.45, 7) is 1.15. The molecule has 0 unspecified atom stereocenters. The Hall–Kier alpha value is -2.34. The highest BCUT2D eigenvalue weighted by Crippen LogP contribution is 2.49. The number of carbonyl (C=O) groups is 2. The highest BCUT2D eigenvalue weighted by atomic mass is 35.5. The van der Waals surface area contributed by atoms with Crippen LogP contribution < -0.4 is 5.32 Å². The molecule has 6 nitrogen and oxygen atoms in total. The second-order valence-corrected chi connectivity index (χ2v) is 6.68. The average Bonchev–Trinajstić information content (AvgIpc) is 3.25. The van der Waals surface area contributed by atoms with Gasteiger partial charge >= 0.3 is 0 Å². The molecule has 0 spiro atoms. The highest BCUT2D eigenvalue weighted by Gasteiger charge is 2.55. The zero-order valence-corrected chi connectivity index (χ0v) is 13.7. The van der Waals surface area contributed by atoms with Crippen LogP contribution in [0.3, 0.4) is 0 Å². The molecule has 1 aliphatic heterocycles. The van der Waals surface area contributed by atoms with Crippen LogP contribution in [0.25, 0.3) is 11.3 Å². The molecule has 2 heterocycles. The normalized spacial score (nSPS) is 19.0. The minimum atomic E-state index is -0.633. The number of amides is 2. The van der Waals surface area contributed by atoms with Crippen molar-refractivity contribution in [2.45, 2.75) is 18.3 Å². The predicted octanol–water partition coefficient (Wildman–Crippen LogP) is 1.98. The van der Waals surface area contributed by atoms with Gasteiger partial charge in [-0.25, -0.2) is 0 Å². The molecule has 1 aromatic carbocycles. The molecule has 0 atom stereocenters. The molecule has 2 fully saturated rings. The number of nitrogens with zero attached hydrogens (tertiary/aromatic N) is 2. The van der Waals surface area contributed by atoms with E-state index in [2.05, 4.69) is 10.5 Å². The first-order valence-corrected chi connectivity index (χ1v) is 8.25. The molecule has 2 amide bonds. The molecule has 24 heavy (non-hydrogen) atoms. The molecule has 7 heteroatoms. The molecule has 4 rings (SSSR count). The monoisotopic (exact) mass is 345 g/mol. The van der Waals surface area contributed by atoms with Crippen LogP contribution in [-0.4, -0.2) is 41.5 Å². The van der Waals surface area contributed by atoms with Crippen molar-refractivity contribution in [2.75, 3.05) is 19.6 Å². The summed E-state index contributed by atoms with van der Waals surface area (Å²) in [6.07, 6.45) is 1.47. The Bertz CT molecular complexity index is 796. The summed E-state index contributed by atoms with van der Waals surface area (Å²) in [5, 5.41) is 7.51. The molecule has 0 bridgehead atoms. The second kappa shape index (κ2) is 5.63.